The summed E-state index contributed by atoms with van der Waals surface area (Å²) in [7, 11) is 0. The molecular weight excluding hydrogens is 278 g/mol. The average Bonchev–Trinajstić information content (AvgIpc) is 2.33. The maximum Gasteiger partial charge on any atom is 0.120 e. The lowest BCUT2D eigenvalue weighted by Gasteiger charge is -2.12. The molecule has 1 rings (SSSR count). The first-order chi connectivity index (χ1) is 8.26. The van der Waals surface area contributed by atoms with E-state index < -0.39 is 0 Å². The predicted octanol–water partition coefficient (Wildman–Crippen LogP) is 3.22. The average molecular weight is 296 g/mol. The van der Waals surface area contributed by atoms with E-state index in [2.05, 4.69) is 34.1 Å². The number of ether oxygens (including phenoxy) is 1. The van der Waals surface area contributed by atoms with Gasteiger partial charge in [0.1, 0.15) is 12.4 Å². The summed E-state index contributed by atoms with van der Waals surface area (Å²) in [6.45, 7) is 3.52. The van der Waals surface area contributed by atoms with Gasteiger partial charge in [-0.1, -0.05) is 41.3 Å². The molecular formula is C14H18BrNO. The third-order valence-electron chi connectivity index (χ3n) is 2.34. The van der Waals surface area contributed by atoms with Gasteiger partial charge in [0.15, 0.2) is 0 Å². The first-order valence-corrected chi connectivity index (χ1v) is 6.63. The second kappa shape index (κ2) is 8.16. The van der Waals surface area contributed by atoms with E-state index in [1.807, 2.05) is 24.3 Å². The van der Waals surface area contributed by atoms with Crippen molar-refractivity contribution in [3.63, 3.8) is 0 Å². The van der Waals surface area contributed by atoms with Gasteiger partial charge in [-0.2, -0.15) is 0 Å². The Kier molecular flexibility index (Phi) is 6.76. The van der Waals surface area contributed by atoms with Gasteiger partial charge in [-0.25, -0.2) is 0 Å². The van der Waals surface area contributed by atoms with Crippen LogP contribution in [-0.2, 0) is 0 Å². The van der Waals surface area contributed by atoms with Gasteiger partial charge in [-0.15, -0.1) is 6.42 Å². The Labute approximate surface area is 112 Å². The minimum Gasteiger partial charge on any atom is -0.492 e. The SMILES string of the molecule is C#CC(CCC)NCCOc1cccc(Br)c1. The highest BCUT2D eigenvalue weighted by molar-refractivity contribution is 9.10. The zero-order valence-electron chi connectivity index (χ0n) is 10.1. The van der Waals surface area contributed by atoms with Crippen LogP contribution in [-0.4, -0.2) is 19.2 Å². The summed E-state index contributed by atoms with van der Waals surface area (Å²) in [6, 6.07) is 7.97. The lowest BCUT2D eigenvalue weighted by Crippen LogP contribution is -2.31. The monoisotopic (exact) mass is 295 g/mol. The molecule has 0 fully saturated rings. The van der Waals surface area contributed by atoms with Crippen LogP contribution in [0.4, 0.5) is 0 Å². The zero-order chi connectivity index (χ0) is 12.5. The summed E-state index contributed by atoms with van der Waals surface area (Å²) in [5.74, 6) is 3.61. The number of hydrogen-bond acceptors (Lipinski definition) is 2. The maximum absolute atomic E-state index is 5.60. The van der Waals surface area contributed by atoms with Crippen molar-refractivity contribution in [2.24, 2.45) is 0 Å². The molecule has 0 radical (unpaired) electrons. The molecule has 0 saturated carbocycles. The van der Waals surface area contributed by atoms with Crippen molar-refractivity contribution in [3.8, 4) is 18.1 Å². The largest absolute Gasteiger partial charge is 0.492 e. The molecule has 0 aromatic heterocycles. The topological polar surface area (TPSA) is 21.3 Å². The van der Waals surface area contributed by atoms with Crippen molar-refractivity contribution in [2.75, 3.05) is 13.2 Å². The summed E-state index contributed by atoms with van der Waals surface area (Å²) in [5.41, 5.74) is 0. The Bertz CT molecular complexity index is 373. The number of benzene rings is 1. The third-order valence-corrected chi connectivity index (χ3v) is 2.83. The predicted molar refractivity (Wildman–Crippen MR) is 75.2 cm³/mol. The third kappa shape index (κ3) is 5.76. The number of rotatable bonds is 7. The minimum atomic E-state index is 0.158. The van der Waals surface area contributed by atoms with E-state index in [0.717, 1.165) is 29.6 Å². The molecule has 17 heavy (non-hydrogen) atoms. The summed E-state index contributed by atoms with van der Waals surface area (Å²) < 4.78 is 6.62. The van der Waals surface area contributed by atoms with E-state index in [9.17, 15) is 0 Å². The van der Waals surface area contributed by atoms with Crippen molar-refractivity contribution >= 4 is 15.9 Å². The van der Waals surface area contributed by atoms with Crippen LogP contribution in [0, 0.1) is 12.3 Å². The van der Waals surface area contributed by atoms with E-state index in [-0.39, 0.29) is 6.04 Å². The van der Waals surface area contributed by atoms with Gasteiger partial charge < -0.3 is 10.1 Å². The fourth-order valence-corrected chi connectivity index (χ4v) is 1.87. The molecule has 0 bridgehead atoms. The van der Waals surface area contributed by atoms with Gasteiger partial charge in [0.05, 0.1) is 6.04 Å². The summed E-state index contributed by atoms with van der Waals surface area (Å²) in [5, 5.41) is 3.28. The van der Waals surface area contributed by atoms with E-state index in [0.29, 0.717) is 6.61 Å². The lowest BCUT2D eigenvalue weighted by molar-refractivity contribution is 0.309. The van der Waals surface area contributed by atoms with E-state index in [4.69, 9.17) is 11.2 Å². The molecule has 1 aromatic rings. The Morgan fingerprint density at radius 2 is 2.35 bits per heavy atom. The molecule has 1 N–H and O–H groups in total. The van der Waals surface area contributed by atoms with Crippen LogP contribution in [0.2, 0.25) is 0 Å². The van der Waals surface area contributed by atoms with Crippen LogP contribution in [0.15, 0.2) is 28.7 Å². The first kappa shape index (κ1) is 14.1. The molecule has 0 spiro atoms. The highest BCUT2D eigenvalue weighted by Gasteiger charge is 2.01. The molecule has 0 aliphatic carbocycles. The van der Waals surface area contributed by atoms with Gasteiger partial charge in [0.25, 0.3) is 0 Å². The molecule has 92 valence electrons. The molecule has 0 aliphatic heterocycles. The standard InChI is InChI=1S/C14H18BrNO/c1-3-6-13(4-2)16-9-10-17-14-8-5-7-12(15)11-14/h2,5,7-8,11,13,16H,3,6,9-10H2,1H3. The molecule has 3 heteroatoms. The number of halogens is 1. The van der Waals surface area contributed by atoms with Crippen LogP contribution in [0.5, 0.6) is 5.75 Å². The molecule has 1 aromatic carbocycles. The van der Waals surface area contributed by atoms with Crippen LogP contribution in [0.25, 0.3) is 0 Å². The van der Waals surface area contributed by atoms with Crippen molar-refractivity contribution in [3.05, 3.63) is 28.7 Å². The lowest BCUT2D eigenvalue weighted by atomic mass is 10.2. The van der Waals surface area contributed by atoms with Crippen molar-refractivity contribution < 1.29 is 4.74 Å². The second-order valence-corrected chi connectivity index (χ2v) is 4.68. The summed E-state index contributed by atoms with van der Waals surface area (Å²) >= 11 is 3.40. The highest BCUT2D eigenvalue weighted by atomic mass is 79.9. The van der Waals surface area contributed by atoms with Gasteiger partial charge >= 0.3 is 0 Å². The minimum absolute atomic E-state index is 0.158. The van der Waals surface area contributed by atoms with Gasteiger partial charge in [-0.05, 0) is 24.6 Å². The highest BCUT2D eigenvalue weighted by Crippen LogP contribution is 2.17. The molecule has 0 saturated heterocycles. The van der Waals surface area contributed by atoms with E-state index in [1.54, 1.807) is 0 Å². The number of terminal acetylenes is 1. The molecule has 1 atom stereocenters. The van der Waals surface area contributed by atoms with E-state index in [1.165, 1.54) is 0 Å². The molecule has 0 heterocycles. The van der Waals surface area contributed by atoms with Crippen LogP contribution >= 0.6 is 15.9 Å². The summed E-state index contributed by atoms with van der Waals surface area (Å²) in [6.07, 6.45) is 7.51. The molecule has 0 aliphatic rings. The van der Waals surface area contributed by atoms with Crippen molar-refractivity contribution in [1.29, 1.82) is 0 Å². The normalized spacial score (nSPS) is 11.8. The van der Waals surface area contributed by atoms with Crippen molar-refractivity contribution in [1.82, 2.24) is 5.32 Å². The molecule has 2 nitrogen and oxygen atoms in total. The Balaban J connectivity index is 2.22. The quantitative estimate of drug-likeness (QED) is 0.616. The Hall–Kier alpha value is -0.980. The van der Waals surface area contributed by atoms with Gasteiger partial charge in [0, 0.05) is 11.0 Å². The number of nitrogens with one attached hydrogen (secondary N) is 1. The summed E-state index contributed by atoms with van der Waals surface area (Å²) in [4.78, 5) is 0. The van der Waals surface area contributed by atoms with Crippen LogP contribution in [0.3, 0.4) is 0 Å². The molecule has 0 amide bonds. The van der Waals surface area contributed by atoms with Crippen LogP contribution < -0.4 is 10.1 Å². The fourth-order valence-electron chi connectivity index (χ4n) is 1.49. The number of hydrogen-bond donors (Lipinski definition) is 1. The Morgan fingerprint density at radius 3 is 3.00 bits per heavy atom. The smallest absolute Gasteiger partial charge is 0.120 e. The van der Waals surface area contributed by atoms with Gasteiger partial charge in [-0.3, -0.25) is 0 Å². The Morgan fingerprint density at radius 1 is 1.53 bits per heavy atom. The maximum atomic E-state index is 5.60. The van der Waals surface area contributed by atoms with Crippen LogP contribution in [0.1, 0.15) is 19.8 Å². The first-order valence-electron chi connectivity index (χ1n) is 5.84. The molecule has 1 unspecified atom stereocenters. The van der Waals surface area contributed by atoms with Crippen molar-refractivity contribution in [2.45, 2.75) is 25.8 Å². The zero-order valence-corrected chi connectivity index (χ0v) is 11.7. The second-order valence-electron chi connectivity index (χ2n) is 3.77. The van der Waals surface area contributed by atoms with Gasteiger partial charge in [0.2, 0.25) is 0 Å². The fraction of sp³-hybridized carbons (Fsp3) is 0.429. The van der Waals surface area contributed by atoms with E-state index >= 15 is 0 Å².